The number of ketones is 2. The Hall–Kier alpha value is -1.72. The molecule has 112 valence electrons. The topological polar surface area (TPSA) is 86.7 Å². The van der Waals surface area contributed by atoms with Crippen molar-refractivity contribution in [1.29, 1.82) is 0 Å². The van der Waals surface area contributed by atoms with Crippen LogP contribution in [0.2, 0.25) is 0 Å². The van der Waals surface area contributed by atoms with Gasteiger partial charge >= 0.3 is 11.9 Å². The van der Waals surface area contributed by atoms with E-state index < -0.39 is 34.3 Å². The van der Waals surface area contributed by atoms with E-state index in [1.54, 1.807) is 13.8 Å². The fourth-order valence-corrected chi connectivity index (χ4v) is 2.18. The largest absolute Gasteiger partial charge is 0.465 e. The maximum Gasteiger partial charge on any atom is 0.319 e. The third-order valence-electron chi connectivity index (χ3n) is 3.71. The van der Waals surface area contributed by atoms with E-state index in [0.29, 0.717) is 0 Å². The Balaban J connectivity index is 3.02. The Kier molecular flexibility index (Phi) is 4.68. The molecule has 20 heavy (non-hydrogen) atoms. The summed E-state index contributed by atoms with van der Waals surface area (Å²) in [7, 11) is 0. The maximum absolute atomic E-state index is 12.2. The average Bonchev–Trinajstić information content (AvgIpc) is 2.37. The Morgan fingerprint density at radius 3 is 1.45 bits per heavy atom. The molecule has 0 aliphatic heterocycles. The highest BCUT2D eigenvalue weighted by atomic mass is 16.5. The Labute approximate surface area is 117 Å². The minimum Gasteiger partial charge on any atom is -0.465 e. The first-order valence-corrected chi connectivity index (χ1v) is 6.63. The van der Waals surface area contributed by atoms with Crippen LogP contribution in [0.3, 0.4) is 0 Å². The van der Waals surface area contributed by atoms with Gasteiger partial charge in [0.25, 0.3) is 0 Å². The molecule has 1 aliphatic carbocycles. The third-order valence-corrected chi connectivity index (χ3v) is 3.71. The van der Waals surface area contributed by atoms with E-state index in [-0.39, 0.29) is 26.1 Å². The number of hydrogen-bond acceptors (Lipinski definition) is 6. The molecule has 1 rings (SSSR count). The highest BCUT2D eigenvalue weighted by Gasteiger charge is 2.57. The zero-order valence-corrected chi connectivity index (χ0v) is 12.3. The Morgan fingerprint density at radius 1 is 0.900 bits per heavy atom. The van der Waals surface area contributed by atoms with Crippen molar-refractivity contribution in [2.45, 2.75) is 40.5 Å². The first-order valence-electron chi connectivity index (χ1n) is 6.63. The van der Waals surface area contributed by atoms with Crippen LogP contribution in [0, 0.1) is 10.8 Å². The molecular formula is C14H20O6. The molecular weight excluding hydrogens is 264 g/mol. The van der Waals surface area contributed by atoms with Crippen molar-refractivity contribution in [3.63, 3.8) is 0 Å². The van der Waals surface area contributed by atoms with Gasteiger partial charge < -0.3 is 9.47 Å². The van der Waals surface area contributed by atoms with E-state index in [2.05, 4.69) is 0 Å². The quantitative estimate of drug-likeness (QED) is 0.566. The molecule has 6 nitrogen and oxygen atoms in total. The fraction of sp³-hybridized carbons (Fsp3) is 0.714. The first kappa shape index (κ1) is 16.3. The first-order chi connectivity index (χ1) is 9.22. The van der Waals surface area contributed by atoms with Crippen LogP contribution in [0.4, 0.5) is 0 Å². The highest BCUT2D eigenvalue weighted by molar-refractivity contribution is 6.17. The summed E-state index contributed by atoms with van der Waals surface area (Å²) in [5.74, 6) is -2.37. The maximum atomic E-state index is 12.2. The molecule has 1 saturated carbocycles. The van der Waals surface area contributed by atoms with Gasteiger partial charge in [0.1, 0.15) is 10.8 Å². The number of ether oxygens (including phenoxy) is 2. The normalized spacial score (nSPS) is 30.0. The Bertz CT molecular complexity index is 413. The molecule has 1 aliphatic rings. The standard InChI is InChI=1S/C14H20O6/c1-5-19-11(17)13(3)7-10(16)14(4,8-9(13)15)12(18)20-6-2/h5-8H2,1-4H3. The molecule has 0 radical (unpaired) electrons. The van der Waals surface area contributed by atoms with Gasteiger partial charge in [-0.25, -0.2) is 0 Å². The molecule has 0 heterocycles. The third kappa shape index (κ3) is 2.59. The van der Waals surface area contributed by atoms with Crippen LogP contribution in [0.25, 0.3) is 0 Å². The number of Topliss-reactive ketones (excluding diaryl/α,β-unsaturated/α-hetero) is 2. The summed E-state index contributed by atoms with van der Waals surface area (Å²) in [5, 5.41) is 0. The van der Waals surface area contributed by atoms with Gasteiger partial charge in [-0.1, -0.05) is 0 Å². The predicted octanol–water partition coefficient (Wildman–Crippen LogP) is 1.06. The van der Waals surface area contributed by atoms with E-state index >= 15 is 0 Å². The van der Waals surface area contributed by atoms with Crippen LogP contribution in [-0.2, 0) is 28.7 Å². The lowest BCUT2D eigenvalue weighted by atomic mass is 9.63. The van der Waals surface area contributed by atoms with Crippen molar-refractivity contribution >= 4 is 23.5 Å². The van der Waals surface area contributed by atoms with Gasteiger partial charge in [0.05, 0.1) is 13.2 Å². The predicted molar refractivity (Wildman–Crippen MR) is 68.7 cm³/mol. The fourth-order valence-electron chi connectivity index (χ4n) is 2.18. The van der Waals surface area contributed by atoms with Crippen LogP contribution in [0.15, 0.2) is 0 Å². The second-order valence-electron chi connectivity index (χ2n) is 5.31. The van der Waals surface area contributed by atoms with Gasteiger partial charge in [0.15, 0.2) is 11.6 Å². The molecule has 0 aromatic heterocycles. The number of carbonyl (C=O) groups is 4. The van der Waals surface area contributed by atoms with Gasteiger partial charge in [-0.3, -0.25) is 19.2 Å². The number of esters is 2. The van der Waals surface area contributed by atoms with E-state index in [1.165, 1.54) is 13.8 Å². The van der Waals surface area contributed by atoms with Crippen molar-refractivity contribution < 1.29 is 28.7 Å². The van der Waals surface area contributed by atoms with E-state index in [4.69, 9.17) is 9.47 Å². The highest BCUT2D eigenvalue weighted by Crippen LogP contribution is 2.41. The summed E-state index contributed by atoms with van der Waals surface area (Å²) < 4.78 is 9.70. The summed E-state index contributed by atoms with van der Waals surface area (Å²) in [6, 6.07) is 0. The summed E-state index contributed by atoms with van der Waals surface area (Å²) in [6.07, 6.45) is -0.667. The summed E-state index contributed by atoms with van der Waals surface area (Å²) >= 11 is 0. The van der Waals surface area contributed by atoms with Gasteiger partial charge in [0, 0.05) is 12.8 Å². The van der Waals surface area contributed by atoms with Crippen molar-refractivity contribution in [2.75, 3.05) is 13.2 Å². The lowest BCUT2D eigenvalue weighted by molar-refractivity contribution is -0.174. The molecule has 6 heteroatoms. The lowest BCUT2D eigenvalue weighted by Crippen LogP contribution is -2.53. The van der Waals surface area contributed by atoms with Crippen molar-refractivity contribution in [1.82, 2.24) is 0 Å². The molecule has 0 aromatic rings. The van der Waals surface area contributed by atoms with Crippen LogP contribution >= 0.6 is 0 Å². The van der Waals surface area contributed by atoms with Crippen LogP contribution < -0.4 is 0 Å². The molecule has 0 amide bonds. The molecule has 0 saturated heterocycles. The molecule has 0 N–H and O–H groups in total. The SMILES string of the molecule is CCOC(=O)C1(C)CC(=O)C(C)(C(=O)OCC)CC1=O. The van der Waals surface area contributed by atoms with Gasteiger partial charge in [-0.15, -0.1) is 0 Å². The van der Waals surface area contributed by atoms with Gasteiger partial charge in [0.2, 0.25) is 0 Å². The second kappa shape index (κ2) is 5.73. The monoisotopic (exact) mass is 284 g/mol. The zero-order valence-electron chi connectivity index (χ0n) is 12.3. The van der Waals surface area contributed by atoms with Gasteiger partial charge in [-0.05, 0) is 27.7 Å². The molecule has 2 unspecified atom stereocenters. The average molecular weight is 284 g/mol. The van der Waals surface area contributed by atoms with E-state index in [0.717, 1.165) is 0 Å². The minimum absolute atomic E-state index is 0.130. The zero-order chi connectivity index (χ0) is 15.6. The summed E-state index contributed by atoms with van der Waals surface area (Å²) in [4.78, 5) is 48.2. The van der Waals surface area contributed by atoms with Gasteiger partial charge in [-0.2, -0.15) is 0 Å². The molecule has 0 spiro atoms. The van der Waals surface area contributed by atoms with Crippen LogP contribution in [0.1, 0.15) is 40.5 Å². The molecule has 0 bridgehead atoms. The van der Waals surface area contributed by atoms with E-state index in [1.807, 2.05) is 0 Å². The van der Waals surface area contributed by atoms with Crippen LogP contribution in [0.5, 0.6) is 0 Å². The number of hydrogen-bond donors (Lipinski definition) is 0. The number of carbonyl (C=O) groups excluding carboxylic acids is 4. The van der Waals surface area contributed by atoms with E-state index in [9.17, 15) is 19.2 Å². The van der Waals surface area contributed by atoms with Crippen LogP contribution in [-0.4, -0.2) is 36.7 Å². The number of rotatable bonds is 4. The Morgan fingerprint density at radius 2 is 1.20 bits per heavy atom. The van der Waals surface area contributed by atoms with Crippen molar-refractivity contribution in [3.05, 3.63) is 0 Å². The molecule has 2 atom stereocenters. The summed E-state index contributed by atoms with van der Waals surface area (Å²) in [6.45, 7) is 6.28. The smallest absolute Gasteiger partial charge is 0.319 e. The lowest BCUT2D eigenvalue weighted by Gasteiger charge is -2.37. The minimum atomic E-state index is -1.50. The molecule has 0 aromatic carbocycles. The van der Waals surface area contributed by atoms with Crippen molar-refractivity contribution in [2.24, 2.45) is 10.8 Å². The summed E-state index contributed by atoms with van der Waals surface area (Å²) in [5.41, 5.74) is -3.00. The van der Waals surface area contributed by atoms with Crippen molar-refractivity contribution in [3.8, 4) is 0 Å². The second-order valence-corrected chi connectivity index (χ2v) is 5.31. The molecule has 1 fully saturated rings.